The van der Waals surface area contributed by atoms with E-state index in [1.165, 1.54) is 0 Å². The molecule has 0 saturated carbocycles. The Labute approximate surface area is 78.8 Å². The fraction of sp³-hybridized carbons (Fsp3) is 0.455. The molecule has 1 rings (SSSR count). The summed E-state index contributed by atoms with van der Waals surface area (Å²) < 4.78 is 0. The molecule has 0 saturated heterocycles. The second-order valence-electron chi connectivity index (χ2n) is 3.66. The molecule has 2 nitrogen and oxygen atoms in total. The van der Waals surface area contributed by atoms with Crippen LogP contribution in [-0.2, 0) is 6.61 Å². The van der Waals surface area contributed by atoms with E-state index in [-0.39, 0.29) is 12.4 Å². The van der Waals surface area contributed by atoms with Crippen LogP contribution in [0, 0.1) is 6.92 Å². The first-order valence-electron chi connectivity index (χ1n) is 4.49. The number of aliphatic hydroxyl groups is 1. The summed E-state index contributed by atoms with van der Waals surface area (Å²) in [6, 6.07) is 3.81. The number of phenols is 1. The Kier molecular flexibility index (Phi) is 2.94. The third-order valence-electron chi connectivity index (χ3n) is 2.24. The fourth-order valence-corrected chi connectivity index (χ4v) is 1.34. The van der Waals surface area contributed by atoms with Gasteiger partial charge < -0.3 is 10.2 Å². The van der Waals surface area contributed by atoms with Crippen LogP contribution in [0.4, 0.5) is 0 Å². The number of aromatic hydroxyl groups is 1. The highest BCUT2D eigenvalue weighted by molar-refractivity contribution is 5.43. The Hall–Kier alpha value is -1.02. The van der Waals surface area contributed by atoms with Gasteiger partial charge in [0.25, 0.3) is 0 Å². The molecule has 1 aromatic carbocycles. The summed E-state index contributed by atoms with van der Waals surface area (Å²) in [5.74, 6) is 0.636. The normalized spacial score (nSPS) is 10.8. The third kappa shape index (κ3) is 2.01. The van der Waals surface area contributed by atoms with Crippen molar-refractivity contribution in [2.75, 3.05) is 0 Å². The van der Waals surface area contributed by atoms with Crippen molar-refractivity contribution in [3.8, 4) is 5.75 Å². The molecule has 0 fully saturated rings. The minimum absolute atomic E-state index is 0.104. The van der Waals surface area contributed by atoms with Crippen LogP contribution in [0.2, 0.25) is 0 Å². The summed E-state index contributed by atoms with van der Waals surface area (Å²) in [4.78, 5) is 0. The monoisotopic (exact) mass is 180 g/mol. The molecule has 0 amide bonds. The number of rotatable bonds is 2. The first kappa shape index (κ1) is 10.1. The van der Waals surface area contributed by atoms with Crippen LogP contribution in [0.5, 0.6) is 5.75 Å². The van der Waals surface area contributed by atoms with Gasteiger partial charge in [-0.15, -0.1) is 0 Å². The second kappa shape index (κ2) is 3.79. The molecule has 1 aromatic rings. The van der Waals surface area contributed by atoms with Gasteiger partial charge in [0.15, 0.2) is 0 Å². The van der Waals surface area contributed by atoms with Gasteiger partial charge >= 0.3 is 0 Å². The van der Waals surface area contributed by atoms with Gasteiger partial charge in [-0.2, -0.15) is 0 Å². The molecule has 72 valence electrons. The molecule has 0 aliphatic rings. The van der Waals surface area contributed by atoms with Gasteiger partial charge in [-0.05, 0) is 30.0 Å². The van der Waals surface area contributed by atoms with Crippen LogP contribution in [0.25, 0.3) is 0 Å². The molecule has 2 N–H and O–H groups in total. The number of benzene rings is 1. The maximum absolute atomic E-state index is 9.54. The lowest BCUT2D eigenvalue weighted by Crippen LogP contribution is -1.94. The Balaban J connectivity index is 3.22. The molecule has 13 heavy (non-hydrogen) atoms. The van der Waals surface area contributed by atoms with Crippen molar-refractivity contribution in [1.82, 2.24) is 0 Å². The van der Waals surface area contributed by atoms with E-state index in [2.05, 4.69) is 13.8 Å². The van der Waals surface area contributed by atoms with Crippen molar-refractivity contribution in [2.24, 2.45) is 0 Å². The molecule has 0 spiro atoms. The van der Waals surface area contributed by atoms with E-state index >= 15 is 0 Å². The average Bonchev–Trinajstić information content (AvgIpc) is 2.09. The largest absolute Gasteiger partial charge is 0.507 e. The minimum Gasteiger partial charge on any atom is -0.507 e. The Bertz CT molecular complexity index is 303. The van der Waals surface area contributed by atoms with E-state index in [1.807, 2.05) is 19.1 Å². The molecular weight excluding hydrogens is 164 g/mol. The number of hydrogen-bond acceptors (Lipinski definition) is 2. The zero-order valence-corrected chi connectivity index (χ0v) is 8.33. The van der Waals surface area contributed by atoms with Crippen LogP contribution >= 0.6 is 0 Å². The fourth-order valence-electron chi connectivity index (χ4n) is 1.34. The zero-order chi connectivity index (χ0) is 10.0. The van der Waals surface area contributed by atoms with Crippen molar-refractivity contribution in [3.05, 3.63) is 28.8 Å². The third-order valence-corrected chi connectivity index (χ3v) is 2.24. The highest BCUT2D eigenvalue weighted by Gasteiger charge is 2.07. The summed E-state index contributed by atoms with van der Waals surface area (Å²) in [6.07, 6.45) is 0. The minimum atomic E-state index is -0.104. The van der Waals surface area contributed by atoms with Crippen LogP contribution in [0.3, 0.4) is 0 Å². The van der Waals surface area contributed by atoms with Gasteiger partial charge in [0.1, 0.15) is 5.75 Å². The van der Waals surface area contributed by atoms with Crippen molar-refractivity contribution >= 4 is 0 Å². The molecule has 0 unspecified atom stereocenters. The Morgan fingerprint density at radius 3 is 2.38 bits per heavy atom. The van der Waals surface area contributed by atoms with Gasteiger partial charge in [-0.3, -0.25) is 0 Å². The number of hydrogen-bond donors (Lipinski definition) is 2. The summed E-state index contributed by atoms with van der Waals surface area (Å²) in [7, 11) is 0. The standard InChI is InChI=1S/C11H16O2/c1-7(2)9-4-8(3)11(13)10(5-9)6-12/h4-5,7,12-13H,6H2,1-3H3. The highest BCUT2D eigenvalue weighted by Crippen LogP contribution is 2.27. The lowest BCUT2D eigenvalue weighted by Gasteiger charge is -2.11. The van der Waals surface area contributed by atoms with Crippen molar-refractivity contribution in [3.63, 3.8) is 0 Å². The quantitative estimate of drug-likeness (QED) is 0.733. The van der Waals surface area contributed by atoms with Crippen molar-refractivity contribution < 1.29 is 10.2 Å². The second-order valence-corrected chi connectivity index (χ2v) is 3.66. The molecule has 2 heteroatoms. The van der Waals surface area contributed by atoms with E-state index in [1.54, 1.807) is 0 Å². The number of aryl methyl sites for hydroxylation is 1. The zero-order valence-electron chi connectivity index (χ0n) is 8.33. The van der Waals surface area contributed by atoms with Crippen LogP contribution in [0.1, 0.15) is 36.5 Å². The SMILES string of the molecule is Cc1cc(C(C)C)cc(CO)c1O. The molecule has 0 heterocycles. The highest BCUT2D eigenvalue weighted by atomic mass is 16.3. The topological polar surface area (TPSA) is 40.5 Å². The van der Waals surface area contributed by atoms with Gasteiger partial charge in [0.2, 0.25) is 0 Å². The maximum atomic E-state index is 9.54. The number of aliphatic hydroxyl groups excluding tert-OH is 1. The molecule has 0 aliphatic heterocycles. The first-order chi connectivity index (χ1) is 6.06. The van der Waals surface area contributed by atoms with Crippen LogP contribution in [0.15, 0.2) is 12.1 Å². The molecule has 0 radical (unpaired) electrons. The van der Waals surface area contributed by atoms with Gasteiger partial charge in [-0.1, -0.05) is 19.9 Å². The van der Waals surface area contributed by atoms with Crippen molar-refractivity contribution in [1.29, 1.82) is 0 Å². The average molecular weight is 180 g/mol. The molecular formula is C11H16O2. The van der Waals surface area contributed by atoms with Gasteiger partial charge in [-0.25, -0.2) is 0 Å². The maximum Gasteiger partial charge on any atom is 0.124 e. The van der Waals surface area contributed by atoms with Gasteiger partial charge in [0.05, 0.1) is 6.61 Å². The van der Waals surface area contributed by atoms with E-state index in [4.69, 9.17) is 5.11 Å². The van der Waals surface area contributed by atoms with Gasteiger partial charge in [0, 0.05) is 5.56 Å². The summed E-state index contributed by atoms with van der Waals surface area (Å²) >= 11 is 0. The molecule has 0 bridgehead atoms. The summed E-state index contributed by atoms with van der Waals surface area (Å²) in [5, 5.41) is 18.5. The Morgan fingerprint density at radius 1 is 1.31 bits per heavy atom. The predicted molar refractivity (Wildman–Crippen MR) is 52.9 cm³/mol. The summed E-state index contributed by atoms with van der Waals surface area (Å²) in [6.45, 7) is 5.92. The molecule has 0 aliphatic carbocycles. The molecule has 0 aromatic heterocycles. The van der Waals surface area contributed by atoms with Crippen LogP contribution < -0.4 is 0 Å². The first-order valence-corrected chi connectivity index (χ1v) is 4.49. The van der Waals surface area contributed by atoms with E-state index in [9.17, 15) is 5.11 Å². The van der Waals surface area contributed by atoms with Crippen LogP contribution in [-0.4, -0.2) is 10.2 Å². The van der Waals surface area contributed by atoms with Crippen molar-refractivity contribution in [2.45, 2.75) is 33.3 Å². The van der Waals surface area contributed by atoms with E-state index in [0.29, 0.717) is 11.5 Å². The lowest BCUT2D eigenvalue weighted by atomic mass is 9.97. The van der Waals surface area contributed by atoms with E-state index < -0.39 is 0 Å². The molecule has 0 atom stereocenters. The summed E-state index contributed by atoms with van der Waals surface area (Å²) in [5.41, 5.74) is 2.60. The van der Waals surface area contributed by atoms with E-state index in [0.717, 1.165) is 11.1 Å². The predicted octanol–water partition coefficient (Wildman–Crippen LogP) is 2.32. The smallest absolute Gasteiger partial charge is 0.124 e. The Morgan fingerprint density at radius 2 is 1.92 bits per heavy atom. The lowest BCUT2D eigenvalue weighted by molar-refractivity contribution is 0.275.